The molecular weight excluding hydrogens is 270 g/mol. The first-order chi connectivity index (χ1) is 10.1. The van der Waals surface area contributed by atoms with Crippen LogP contribution >= 0.6 is 0 Å². The monoisotopic (exact) mass is 290 g/mol. The Morgan fingerprint density at radius 2 is 2.00 bits per heavy atom. The van der Waals surface area contributed by atoms with Gasteiger partial charge in [-0.2, -0.15) is 0 Å². The van der Waals surface area contributed by atoms with Gasteiger partial charge in [-0.05, 0) is 61.7 Å². The van der Waals surface area contributed by atoms with Crippen LogP contribution < -0.4 is 5.32 Å². The summed E-state index contributed by atoms with van der Waals surface area (Å²) in [6.07, 6.45) is 3.16. The van der Waals surface area contributed by atoms with E-state index in [1.807, 2.05) is 19.1 Å². The van der Waals surface area contributed by atoms with E-state index < -0.39 is 5.82 Å². The van der Waals surface area contributed by atoms with Crippen LogP contribution in [0.3, 0.4) is 0 Å². The van der Waals surface area contributed by atoms with Gasteiger partial charge in [-0.1, -0.05) is 13.0 Å². The lowest BCUT2D eigenvalue weighted by molar-refractivity contribution is 0.507. The van der Waals surface area contributed by atoms with Gasteiger partial charge in [0.2, 0.25) is 0 Å². The Hall–Kier alpha value is -1.81. The van der Waals surface area contributed by atoms with Gasteiger partial charge in [-0.15, -0.1) is 0 Å². The van der Waals surface area contributed by atoms with Crippen LogP contribution in [0.4, 0.5) is 8.78 Å². The molecule has 0 aliphatic carbocycles. The molecule has 1 aromatic heterocycles. The molecule has 0 aliphatic rings. The summed E-state index contributed by atoms with van der Waals surface area (Å²) >= 11 is 0. The van der Waals surface area contributed by atoms with Crippen molar-refractivity contribution in [1.82, 2.24) is 10.3 Å². The highest BCUT2D eigenvalue weighted by molar-refractivity contribution is 5.24. The van der Waals surface area contributed by atoms with Gasteiger partial charge in [0.15, 0.2) is 0 Å². The Balaban J connectivity index is 2.23. The molecule has 2 nitrogen and oxygen atoms in total. The molecule has 2 aromatic rings. The standard InChI is InChI=1S/C17H20F2N2/c1-3-8-20-17(13-5-4-12(2)21-11-13)10-14-9-15(18)6-7-16(14)19/h4-7,9,11,17,20H,3,8,10H2,1-2H3. The molecular formula is C17H20F2N2. The van der Waals surface area contributed by atoms with E-state index in [0.29, 0.717) is 12.0 Å². The predicted octanol–water partition coefficient (Wildman–Crippen LogP) is 3.95. The zero-order chi connectivity index (χ0) is 15.2. The number of hydrogen-bond acceptors (Lipinski definition) is 2. The fraction of sp³-hybridized carbons (Fsp3) is 0.353. The lowest BCUT2D eigenvalue weighted by atomic mass is 9.99. The second-order valence-electron chi connectivity index (χ2n) is 5.18. The number of nitrogens with zero attached hydrogens (tertiary/aromatic N) is 1. The summed E-state index contributed by atoms with van der Waals surface area (Å²) in [5.41, 5.74) is 2.30. The number of rotatable bonds is 6. The third kappa shape index (κ3) is 4.33. The van der Waals surface area contributed by atoms with Crippen molar-refractivity contribution in [3.63, 3.8) is 0 Å². The van der Waals surface area contributed by atoms with Crippen LogP contribution in [0.5, 0.6) is 0 Å². The van der Waals surface area contributed by atoms with E-state index >= 15 is 0 Å². The van der Waals surface area contributed by atoms with Crippen molar-refractivity contribution in [1.29, 1.82) is 0 Å². The molecule has 0 bridgehead atoms. The maximum absolute atomic E-state index is 13.8. The highest BCUT2D eigenvalue weighted by Crippen LogP contribution is 2.21. The summed E-state index contributed by atoms with van der Waals surface area (Å²) in [5, 5.41) is 3.37. The Morgan fingerprint density at radius 1 is 1.19 bits per heavy atom. The largest absolute Gasteiger partial charge is 0.310 e. The van der Waals surface area contributed by atoms with Gasteiger partial charge in [-0.3, -0.25) is 4.98 Å². The molecule has 0 saturated heterocycles. The molecule has 0 aliphatic heterocycles. The third-order valence-corrected chi connectivity index (χ3v) is 3.41. The summed E-state index contributed by atoms with van der Waals surface area (Å²) in [7, 11) is 0. The van der Waals surface area contributed by atoms with Gasteiger partial charge in [0.1, 0.15) is 11.6 Å². The summed E-state index contributed by atoms with van der Waals surface area (Å²) in [5.74, 6) is -0.789. The van der Waals surface area contributed by atoms with Gasteiger partial charge >= 0.3 is 0 Å². The van der Waals surface area contributed by atoms with Crippen molar-refractivity contribution in [2.24, 2.45) is 0 Å². The highest BCUT2D eigenvalue weighted by atomic mass is 19.1. The average Bonchev–Trinajstić information content (AvgIpc) is 2.48. The maximum Gasteiger partial charge on any atom is 0.126 e. The molecule has 1 heterocycles. The first-order valence-electron chi connectivity index (χ1n) is 7.20. The molecule has 0 spiro atoms. The number of hydrogen-bond donors (Lipinski definition) is 1. The quantitative estimate of drug-likeness (QED) is 0.871. The van der Waals surface area contributed by atoms with E-state index in [-0.39, 0.29) is 11.9 Å². The first-order valence-corrected chi connectivity index (χ1v) is 7.20. The molecule has 0 radical (unpaired) electrons. The molecule has 0 fully saturated rings. The average molecular weight is 290 g/mol. The molecule has 0 saturated carbocycles. The number of halogens is 2. The van der Waals surface area contributed by atoms with Crippen LogP contribution in [0.15, 0.2) is 36.5 Å². The third-order valence-electron chi connectivity index (χ3n) is 3.41. The van der Waals surface area contributed by atoms with E-state index in [1.54, 1.807) is 6.20 Å². The minimum atomic E-state index is -0.414. The van der Waals surface area contributed by atoms with Crippen molar-refractivity contribution in [2.45, 2.75) is 32.7 Å². The highest BCUT2D eigenvalue weighted by Gasteiger charge is 2.15. The van der Waals surface area contributed by atoms with Crippen molar-refractivity contribution in [3.05, 3.63) is 65.0 Å². The van der Waals surface area contributed by atoms with Gasteiger partial charge in [0.25, 0.3) is 0 Å². The lowest BCUT2D eigenvalue weighted by Gasteiger charge is -2.19. The predicted molar refractivity (Wildman–Crippen MR) is 80.1 cm³/mol. The Labute approximate surface area is 124 Å². The maximum atomic E-state index is 13.8. The van der Waals surface area contributed by atoms with Gasteiger partial charge in [0, 0.05) is 17.9 Å². The van der Waals surface area contributed by atoms with Crippen LogP contribution in [-0.2, 0) is 6.42 Å². The van der Waals surface area contributed by atoms with Crippen LogP contribution in [0.1, 0.15) is 36.2 Å². The molecule has 4 heteroatoms. The summed E-state index contributed by atoms with van der Waals surface area (Å²) in [4.78, 5) is 4.28. The summed E-state index contributed by atoms with van der Waals surface area (Å²) in [6, 6.07) is 7.41. The normalized spacial score (nSPS) is 12.4. The van der Waals surface area contributed by atoms with E-state index in [0.717, 1.165) is 30.3 Å². The lowest BCUT2D eigenvalue weighted by Crippen LogP contribution is -2.24. The number of aryl methyl sites for hydroxylation is 1. The van der Waals surface area contributed by atoms with Gasteiger partial charge < -0.3 is 5.32 Å². The van der Waals surface area contributed by atoms with E-state index in [2.05, 4.69) is 17.2 Å². The van der Waals surface area contributed by atoms with Crippen LogP contribution in [-0.4, -0.2) is 11.5 Å². The molecule has 1 atom stereocenters. The Kier molecular flexibility index (Phi) is 5.39. The molecule has 1 unspecified atom stereocenters. The molecule has 1 N–H and O–H groups in total. The Bertz CT molecular complexity index is 582. The molecule has 2 rings (SSSR count). The summed E-state index contributed by atoms with van der Waals surface area (Å²) in [6.45, 7) is 4.81. The van der Waals surface area contributed by atoms with Crippen LogP contribution in [0.2, 0.25) is 0 Å². The Morgan fingerprint density at radius 3 is 2.67 bits per heavy atom. The molecule has 1 aromatic carbocycles. The minimum absolute atomic E-state index is 0.0747. The zero-order valence-corrected chi connectivity index (χ0v) is 12.4. The number of nitrogens with one attached hydrogen (secondary N) is 1. The second kappa shape index (κ2) is 7.27. The fourth-order valence-electron chi connectivity index (χ4n) is 2.23. The van der Waals surface area contributed by atoms with E-state index in [4.69, 9.17) is 0 Å². The van der Waals surface area contributed by atoms with Gasteiger partial charge in [-0.25, -0.2) is 8.78 Å². The molecule has 21 heavy (non-hydrogen) atoms. The van der Waals surface area contributed by atoms with E-state index in [1.165, 1.54) is 12.1 Å². The minimum Gasteiger partial charge on any atom is -0.310 e. The van der Waals surface area contributed by atoms with Crippen LogP contribution in [0.25, 0.3) is 0 Å². The van der Waals surface area contributed by atoms with Crippen molar-refractivity contribution in [2.75, 3.05) is 6.54 Å². The molecule has 112 valence electrons. The topological polar surface area (TPSA) is 24.9 Å². The SMILES string of the molecule is CCCNC(Cc1cc(F)ccc1F)c1ccc(C)nc1. The van der Waals surface area contributed by atoms with Crippen molar-refractivity contribution in [3.8, 4) is 0 Å². The smallest absolute Gasteiger partial charge is 0.126 e. The van der Waals surface area contributed by atoms with Crippen molar-refractivity contribution < 1.29 is 8.78 Å². The van der Waals surface area contributed by atoms with E-state index in [9.17, 15) is 8.78 Å². The zero-order valence-electron chi connectivity index (χ0n) is 12.4. The fourth-order valence-corrected chi connectivity index (χ4v) is 2.23. The first kappa shape index (κ1) is 15.6. The van der Waals surface area contributed by atoms with Gasteiger partial charge in [0.05, 0.1) is 0 Å². The van der Waals surface area contributed by atoms with Crippen LogP contribution in [0, 0.1) is 18.6 Å². The number of benzene rings is 1. The summed E-state index contributed by atoms with van der Waals surface area (Å²) < 4.78 is 27.1. The second-order valence-corrected chi connectivity index (χ2v) is 5.18. The van der Waals surface area contributed by atoms with Crippen molar-refractivity contribution >= 4 is 0 Å². The molecule has 0 amide bonds. The number of aromatic nitrogens is 1. The number of pyridine rings is 1.